The zero-order valence-corrected chi connectivity index (χ0v) is 16.1. The van der Waals surface area contributed by atoms with Crippen molar-refractivity contribution in [2.75, 3.05) is 11.9 Å². The number of ether oxygens (including phenoxy) is 1. The number of esters is 1. The van der Waals surface area contributed by atoms with Gasteiger partial charge in [0.15, 0.2) is 6.61 Å². The fraction of sp³-hybridized carbons (Fsp3) is 0.105. The molecule has 3 aromatic rings. The van der Waals surface area contributed by atoms with Gasteiger partial charge in [0.25, 0.3) is 5.91 Å². The maximum absolute atomic E-state index is 13.0. The predicted octanol–water partition coefficient (Wildman–Crippen LogP) is 5.16. The van der Waals surface area contributed by atoms with E-state index in [-0.39, 0.29) is 5.02 Å². The van der Waals surface area contributed by atoms with E-state index in [4.69, 9.17) is 16.3 Å². The van der Waals surface area contributed by atoms with Crippen LogP contribution in [-0.4, -0.2) is 23.5 Å². The van der Waals surface area contributed by atoms with Crippen molar-refractivity contribution in [1.82, 2.24) is 4.98 Å². The largest absolute Gasteiger partial charge is 0.452 e. The molecule has 29 heavy (non-hydrogen) atoms. The molecule has 1 amide bonds. The molecule has 1 aromatic heterocycles. The van der Waals surface area contributed by atoms with Gasteiger partial charge >= 0.3 is 12.1 Å². The summed E-state index contributed by atoms with van der Waals surface area (Å²) in [5, 5.41) is 2.32. The topological polar surface area (TPSA) is 68.3 Å². The standard InChI is InChI=1S/C19H12ClF3N2O3S/c20-12-5-3-4-11(19(21,22)23)18(12)25-15(26)10-28-17(27)9-8-16-24-13-6-1-2-7-14(13)29-16/h1-9H,10H2,(H,25,26)/b9-8+. The number of rotatable bonds is 5. The van der Waals surface area contributed by atoms with Crippen molar-refractivity contribution in [2.45, 2.75) is 6.18 Å². The Labute approximate surface area is 171 Å². The predicted molar refractivity (Wildman–Crippen MR) is 105 cm³/mol. The molecule has 0 aliphatic heterocycles. The van der Waals surface area contributed by atoms with Crippen LogP contribution in [0.15, 0.2) is 48.5 Å². The lowest BCUT2D eigenvalue weighted by Gasteiger charge is -2.15. The smallest absolute Gasteiger partial charge is 0.418 e. The third-order valence-electron chi connectivity index (χ3n) is 3.60. The van der Waals surface area contributed by atoms with E-state index in [2.05, 4.69) is 4.98 Å². The van der Waals surface area contributed by atoms with Gasteiger partial charge in [-0.25, -0.2) is 9.78 Å². The summed E-state index contributed by atoms with van der Waals surface area (Å²) in [4.78, 5) is 28.0. The van der Waals surface area contributed by atoms with E-state index in [1.165, 1.54) is 23.5 Å². The number of fused-ring (bicyclic) bond motifs is 1. The summed E-state index contributed by atoms with van der Waals surface area (Å²) in [7, 11) is 0. The highest BCUT2D eigenvalue weighted by Crippen LogP contribution is 2.38. The van der Waals surface area contributed by atoms with Gasteiger partial charge in [0.2, 0.25) is 0 Å². The van der Waals surface area contributed by atoms with Crippen molar-refractivity contribution in [3.05, 3.63) is 64.1 Å². The first-order chi connectivity index (χ1) is 13.7. The molecule has 0 spiro atoms. The van der Waals surface area contributed by atoms with Crippen LogP contribution in [-0.2, 0) is 20.5 Å². The molecule has 0 aliphatic rings. The minimum Gasteiger partial charge on any atom is -0.452 e. The number of nitrogens with one attached hydrogen (secondary N) is 1. The molecule has 0 saturated heterocycles. The fourth-order valence-corrected chi connectivity index (χ4v) is 3.44. The molecular formula is C19H12ClF3N2O3S. The van der Waals surface area contributed by atoms with Crippen LogP contribution in [0.25, 0.3) is 16.3 Å². The number of hydrogen-bond donors (Lipinski definition) is 1. The van der Waals surface area contributed by atoms with Crippen LogP contribution in [0.5, 0.6) is 0 Å². The number of carbonyl (C=O) groups excluding carboxylic acids is 2. The lowest BCUT2D eigenvalue weighted by atomic mass is 10.1. The molecular weight excluding hydrogens is 429 g/mol. The van der Waals surface area contributed by atoms with E-state index >= 15 is 0 Å². The first kappa shape index (κ1) is 20.8. The van der Waals surface area contributed by atoms with Gasteiger partial charge in [0.05, 0.1) is 26.5 Å². The SMILES string of the molecule is O=C(COC(=O)/C=C/c1nc2ccccc2s1)Nc1c(Cl)cccc1C(F)(F)F. The van der Waals surface area contributed by atoms with Crippen molar-refractivity contribution in [3.8, 4) is 0 Å². The van der Waals surface area contributed by atoms with Crippen molar-refractivity contribution in [2.24, 2.45) is 0 Å². The minimum atomic E-state index is -4.70. The number of thiazole rings is 1. The Kier molecular flexibility index (Phi) is 6.19. The quantitative estimate of drug-likeness (QED) is 0.439. The minimum absolute atomic E-state index is 0.282. The van der Waals surface area contributed by atoms with Gasteiger partial charge in [0.1, 0.15) is 5.01 Å². The maximum Gasteiger partial charge on any atom is 0.418 e. The average molecular weight is 441 g/mol. The third-order valence-corrected chi connectivity index (χ3v) is 4.92. The highest BCUT2D eigenvalue weighted by Gasteiger charge is 2.34. The number of carbonyl (C=O) groups is 2. The molecule has 0 radical (unpaired) electrons. The summed E-state index contributed by atoms with van der Waals surface area (Å²) < 4.78 is 44.8. The zero-order chi connectivity index (χ0) is 21.0. The van der Waals surface area contributed by atoms with Gasteiger partial charge in [-0.2, -0.15) is 13.2 Å². The average Bonchev–Trinajstić information content (AvgIpc) is 3.08. The molecule has 0 aliphatic carbocycles. The molecule has 0 unspecified atom stereocenters. The second kappa shape index (κ2) is 8.62. The second-order valence-corrected chi connectivity index (χ2v) is 7.14. The number of para-hydroxylation sites is 2. The van der Waals surface area contributed by atoms with Crippen LogP contribution in [0.1, 0.15) is 10.6 Å². The number of hydrogen-bond acceptors (Lipinski definition) is 5. The van der Waals surface area contributed by atoms with E-state index in [1.807, 2.05) is 29.6 Å². The van der Waals surface area contributed by atoms with Crippen molar-refractivity contribution < 1.29 is 27.5 Å². The summed E-state index contributed by atoms with van der Waals surface area (Å²) in [5.74, 6) is -1.79. The van der Waals surface area contributed by atoms with E-state index in [1.54, 1.807) is 0 Å². The molecule has 0 fully saturated rings. The summed E-state index contributed by atoms with van der Waals surface area (Å²) in [6.45, 7) is -0.772. The van der Waals surface area contributed by atoms with Crippen LogP contribution >= 0.6 is 22.9 Å². The Bertz CT molecular complexity index is 1060. The molecule has 1 N–H and O–H groups in total. The Balaban J connectivity index is 1.59. The first-order valence-corrected chi connectivity index (χ1v) is 9.29. The third kappa shape index (κ3) is 5.33. The number of alkyl halides is 3. The van der Waals surface area contributed by atoms with E-state index in [0.29, 0.717) is 5.01 Å². The van der Waals surface area contributed by atoms with Crippen LogP contribution < -0.4 is 5.32 Å². The van der Waals surface area contributed by atoms with Crippen molar-refractivity contribution >= 4 is 56.8 Å². The van der Waals surface area contributed by atoms with Crippen molar-refractivity contribution in [3.63, 3.8) is 0 Å². The van der Waals surface area contributed by atoms with Gasteiger partial charge in [-0.3, -0.25) is 4.79 Å². The van der Waals surface area contributed by atoms with Gasteiger partial charge in [-0.15, -0.1) is 11.3 Å². The van der Waals surface area contributed by atoms with Crippen LogP contribution in [0.3, 0.4) is 0 Å². The number of aromatic nitrogens is 1. The normalized spacial score (nSPS) is 11.7. The maximum atomic E-state index is 13.0. The number of amides is 1. The Morgan fingerprint density at radius 1 is 1.17 bits per heavy atom. The van der Waals surface area contributed by atoms with Gasteiger partial charge < -0.3 is 10.1 Å². The number of benzene rings is 2. The molecule has 5 nitrogen and oxygen atoms in total. The molecule has 0 saturated carbocycles. The summed E-state index contributed by atoms with van der Waals surface area (Å²) >= 11 is 7.12. The Morgan fingerprint density at radius 2 is 1.93 bits per heavy atom. The van der Waals surface area contributed by atoms with Crippen molar-refractivity contribution in [1.29, 1.82) is 0 Å². The molecule has 1 heterocycles. The monoisotopic (exact) mass is 440 g/mol. The van der Waals surface area contributed by atoms with Gasteiger partial charge in [-0.1, -0.05) is 29.8 Å². The van der Waals surface area contributed by atoms with Gasteiger partial charge in [-0.05, 0) is 30.3 Å². The van der Waals surface area contributed by atoms with E-state index < -0.39 is 35.9 Å². The van der Waals surface area contributed by atoms with E-state index in [9.17, 15) is 22.8 Å². The lowest BCUT2D eigenvalue weighted by molar-refractivity contribution is -0.142. The highest BCUT2D eigenvalue weighted by molar-refractivity contribution is 7.19. The lowest BCUT2D eigenvalue weighted by Crippen LogP contribution is -2.22. The molecule has 10 heteroatoms. The number of halogens is 4. The number of nitrogens with zero attached hydrogens (tertiary/aromatic N) is 1. The molecule has 2 aromatic carbocycles. The van der Waals surface area contributed by atoms with Gasteiger partial charge in [0, 0.05) is 6.08 Å². The molecule has 3 rings (SSSR count). The second-order valence-electron chi connectivity index (χ2n) is 5.67. The van der Waals surface area contributed by atoms with Crippen LogP contribution in [0, 0.1) is 0 Å². The van der Waals surface area contributed by atoms with Crippen LogP contribution in [0.2, 0.25) is 5.02 Å². The molecule has 0 bridgehead atoms. The highest BCUT2D eigenvalue weighted by atomic mass is 35.5. The molecule has 0 atom stereocenters. The van der Waals surface area contributed by atoms with E-state index in [0.717, 1.165) is 28.4 Å². The number of anilines is 1. The summed E-state index contributed by atoms with van der Waals surface area (Å²) in [5.41, 5.74) is -0.904. The zero-order valence-electron chi connectivity index (χ0n) is 14.5. The molecule has 150 valence electrons. The summed E-state index contributed by atoms with van der Waals surface area (Å²) in [6, 6.07) is 10.5. The summed E-state index contributed by atoms with van der Waals surface area (Å²) in [6.07, 6.45) is -2.19. The fourth-order valence-electron chi connectivity index (χ4n) is 2.35. The van der Waals surface area contributed by atoms with Crippen LogP contribution in [0.4, 0.5) is 18.9 Å². The Hall–Kier alpha value is -2.91. The Morgan fingerprint density at radius 3 is 2.66 bits per heavy atom. The first-order valence-electron chi connectivity index (χ1n) is 8.10.